The summed E-state index contributed by atoms with van der Waals surface area (Å²) in [5, 5.41) is 5.72. The fraction of sp³-hybridized carbons (Fsp3) is 0.294. The number of amides is 1. The van der Waals surface area contributed by atoms with Crippen LogP contribution in [0.25, 0.3) is 16.9 Å². The van der Waals surface area contributed by atoms with E-state index in [1.54, 1.807) is 12.2 Å². The molecule has 0 aliphatic carbocycles. The Bertz CT molecular complexity index is 1070. The first-order valence-electron chi connectivity index (χ1n) is 8.13. The second kappa shape index (κ2) is 7.01. The number of fused-ring (bicyclic) bond motifs is 1. The van der Waals surface area contributed by atoms with Gasteiger partial charge in [-0.2, -0.15) is 31.4 Å². The zero-order valence-corrected chi connectivity index (χ0v) is 14.9. The molecule has 6 nitrogen and oxygen atoms in total. The third-order valence-corrected chi connectivity index (χ3v) is 4.09. The van der Waals surface area contributed by atoms with Crippen LogP contribution in [0.3, 0.4) is 0 Å². The van der Waals surface area contributed by atoms with Crippen molar-refractivity contribution >= 4 is 11.6 Å². The Kier molecular flexibility index (Phi) is 4.97. The highest BCUT2D eigenvalue weighted by Crippen LogP contribution is 2.31. The number of hydrogen-bond donors (Lipinski definition) is 1. The molecule has 0 aromatic carbocycles. The second-order valence-corrected chi connectivity index (χ2v) is 6.27. The standard InChI is InChI=1S/C17H13F6N5O/c1-8-3-13(10-4-11(6-24-5-10)17(21,22)23)27-14-12(7-25-28(8)14)15(29)26-9(2)16(18,19)20/h3-7,9H,1-2H3,(H,26,29)/t9-/m0/s1. The summed E-state index contributed by atoms with van der Waals surface area (Å²) in [4.78, 5) is 19.9. The lowest BCUT2D eigenvalue weighted by Crippen LogP contribution is -2.43. The lowest BCUT2D eigenvalue weighted by molar-refractivity contribution is -0.149. The average molecular weight is 417 g/mol. The predicted octanol–water partition coefficient (Wildman–Crippen LogP) is 3.80. The molecule has 12 heteroatoms. The van der Waals surface area contributed by atoms with Crippen LogP contribution >= 0.6 is 0 Å². The number of carbonyl (C=O) groups excluding carboxylic acids is 1. The Morgan fingerprint density at radius 3 is 2.41 bits per heavy atom. The van der Waals surface area contributed by atoms with Crippen LogP contribution < -0.4 is 5.32 Å². The van der Waals surface area contributed by atoms with E-state index in [0.29, 0.717) is 11.9 Å². The summed E-state index contributed by atoms with van der Waals surface area (Å²) in [6.45, 7) is 2.34. The molecule has 0 aliphatic heterocycles. The summed E-state index contributed by atoms with van der Waals surface area (Å²) in [5.74, 6) is -1.06. The van der Waals surface area contributed by atoms with Gasteiger partial charge in [-0.25, -0.2) is 9.50 Å². The van der Waals surface area contributed by atoms with Crippen molar-refractivity contribution in [1.29, 1.82) is 0 Å². The number of halogens is 6. The average Bonchev–Trinajstić information content (AvgIpc) is 3.05. The Morgan fingerprint density at radius 2 is 1.79 bits per heavy atom. The van der Waals surface area contributed by atoms with E-state index in [2.05, 4.69) is 15.1 Å². The summed E-state index contributed by atoms with van der Waals surface area (Å²) in [6.07, 6.45) is -6.39. The monoisotopic (exact) mass is 417 g/mol. The molecule has 1 N–H and O–H groups in total. The van der Waals surface area contributed by atoms with Crippen LogP contribution in [0.5, 0.6) is 0 Å². The van der Waals surface area contributed by atoms with Crippen molar-refractivity contribution in [3.8, 4) is 11.3 Å². The van der Waals surface area contributed by atoms with Gasteiger partial charge in [0.05, 0.1) is 17.5 Å². The molecule has 0 radical (unpaired) electrons. The molecule has 3 aromatic rings. The van der Waals surface area contributed by atoms with E-state index in [1.165, 1.54) is 10.6 Å². The Labute approximate surface area is 159 Å². The van der Waals surface area contributed by atoms with Gasteiger partial charge >= 0.3 is 12.4 Å². The van der Waals surface area contributed by atoms with Crippen molar-refractivity contribution in [2.24, 2.45) is 0 Å². The van der Waals surface area contributed by atoms with Gasteiger partial charge < -0.3 is 5.32 Å². The van der Waals surface area contributed by atoms with Crippen molar-refractivity contribution in [3.63, 3.8) is 0 Å². The predicted molar refractivity (Wildman–Crippen MR) is 88.9 cm³/mol. The van der Waals surface area contributed by atoms with Crippen molar-refractivity contribution in [2.45, 2.75) is 32.2 Å². The van der Waals surface area contributed by atoms with Gasteiger partial charge in [0.25, 0.3) is 5.91 Å². The largest absolute Gasteiger partial charge is 0.417 e. The summed E-state index contributed by atoms with van der Waals surface area (Å²) in [5.41, 5.74) is -0.825. The van der Waals surface area contributed by atoms with Crippen molar-refractivity contribution < 1.29 is 31.1 Å². The summed E-state index contributed by atoms with van der Waals surface area (Å²) >= 11 is 0. The summed E-state index contributed by atoms with van der Waals surface area (Å²) < 4.78 is 78.1. The molecule has 0 saturated heterocycles. The Morgan fingerprint density at radius 1 is 1.10 bits per heavy atom. The van der Waals surface area contributed by atoms with E-state index in [0.717, 1.165) is 25.4 Å². The molecule has 3 aromatic heterocycles. The Hall–Kier alpha value is -3.18. The van der Waals surface area contributed by atoms with E-state index < -0.39 is 29.9 Å². The van der Waals surface area contributed by atoms with E-state index in [9.17, 15) is 31.1 Å². The van der Waals surface area contributed by atoms with Crippen molar-refractivity contribution in [3.05, 3.63) is 47.5 Å². The van der Waals surface area contributed by atoms with Gasteiger partial charge in [0, 0.05) is 23.7 Å². The molecule has 1 amide bonds. The minimum Gasteiger partial charge on any atom is -0.340 e. The lowest BCUT2D eigenvalue weighted by Gasteiger charge is -2.16. The molecule has 3 rings (SSSR count). The third kappa shape index (κ3) is 4.15. The smallest absolute Gasteiger partial charge is 0.340 e. The van der Waals surface area contributed by atoms with Crippen molar-refractivity contribution in [2.75, 3.05) is 0 Å². The van der Waals surface area contributed by atoms with Crippen LogP contribution in [0.4, 0.5) is 26.3 Å². The van der Waals surface area contributed by atoms with Gasteiger partial charge in [0.15, 0.2) is 5.65 Å². The van der Waals surface area contributed by atoms with Gasteiger partial charge in [-0.3, -0.25) is 9.78 Å². The van der Waals surface area contributed by atoms with Crippen LogP contribution in [0.1, 0.15) is 28.5 Å². The highest BCUT2D eigenvalue weighted by Gasteiger charge is 2.37. The number of hydrogen-bond acceptors (Lipinski definition) is 4. The molecule has 0 unspecified atom stereocenters. The molecular weight excluding hydrogens is 404 g/mol. The van der Waals surface area contributed by atoms with E-state index in [4.69, 9.17) is 0 Å². The minimum absolute atomic E-state index is 0.0293. The maximum atomic E-state index is 12.9. The van der Waals surface area contributed by atoms with E-state index in [-0.39, 0.29) is 22.5 Å². The molecule has 0 spiro atoms. The molecule has 0 fully saturated rings. The van der Waals surface area contributed by atoms with Gasteiger partial charge in [0.1, 0.15) is 11.6 Å². The second-order valence-electron chi connectivity index (χ2n) is 6.27. The van der Waals surface area contributed by atoms with Gasteiger partial charge in [0.2, 0.25) is 0 Å². The zero-order valence-electron chi connectivity index (χ0n) is 14.9. The number of carbonyl (C=O) groups is 1. The topological polar surface area (TPSA) is 72.2 Å². The first-order chi connectivity index (χ1) is 13.4. The van der Waals surface area contributed by atoms with E-state index in [1.807, 2.05) is 0 Å². The van der Waals surface area contributed by atoms with Crippen LogP contribution in [0.15, 0.2) is 30.7 Å². The lowest BCUT2D eigenvalue weighted by atomic mass is 10.1. The quantitative estimate of drug-likeness (QED) is 0.658. The SMILES string of the molecule is Cc1cc(-c2cncc(C(F)(F)F)c2)nc2c(C(=O)N[C@@H](C)C(F)(F)F)cnn12. The number of nitrogens with zero attached hydrogens (tertiary/aromatic N) is 4. The summed E-state index contributed by atoms with van der Waals surface area (Å²) in [6, 6.07) is 0.159. The summed E-state index contributed by atoms with van der Waals surface area (Å²) in [7, 11) is 0. The molecule has 0 saturated carbocycles. The van der Waals surface area contributed by atoms with Crippen molar-refractivity contribution in [1.82, 2.24) is 24.9 Å². The highest BCUT2D eigenvalue weighted by atomic mass is 19.4. The number of aromatic nitrogens is 4. The maximum absolute atomic E-state index is 12.9. The number of aryl methyl sites for hydroxylation is 1. The minimum atomic E-state index is -4.64. The normalized spacial score (nSPS) is 13.5. The van der Waals surface area contributed by atoms with Crippen LogP contribution in [0, 0.1) is 6.92 Å². The Balaban J connectivity index is 2.05. The number of alkyl halides is 6. The van der Waals surface area contributed by atoms with Gasteiger partial charge in [-0.05, 0) is 26.0 Å². The third-order valence-electron chi connectivity index (χ3n) is 4.09. The van der Waals surface area contributed by atoms with Crippen LogP contribution in [-0.2, 0) is 6.18 Å². The molecule has 1 atom stereocenters. The number of pyridine rings is 1. The van der Waals surface area contributed by atoms with Gasteiger partial charge in [-0.1, -0.05) is 0 Å². The first kappa shape index (κ1) is 20.6. The molecule has 3 heterocycles. The molecule has 154 valence electrons. The molecule has 29 heavy (non-hydrogen) atoms. The fourth-order valence-electron chi connectivity index (χ4n) is 2.51. The zero-order chi connectivity index (χ0) is 21.6. The van der Waals surface area contributed by atoms with Crippen LogP contribution in [-0.4, -0.2) is 37.7 Å². The highest BCUT2D eigenvalue weighted by molar-refractivity contribution is 6.00. The van der Waals surface area contributed by atoms with E-state index >= 15 is 0 Å². The molecule has 0 aliphatic rings. The van der Waals surface area contributed by atoms with Gasteiger partial charge in [-0.15, -0.1) is 0 Å². The molecule has 0 bridgehead atoms. The number of nitrogens with one attached hydrogen (secondary N) is 1. The fourth-order valence-corrected chi connectivity index (χ4v) is 2.51. The molecular formula is C17H13F6N5O. The maximum Gasteiger partial charge on any atom is 0.417 e. The van der Waals surface area contributed by atoms with Crippen LogP contribution in [0.2, 0.25) is 0 Å². The number of rotatable bonds is 3. The first-order valence-corrected chi connectivity index (χ1v) is 8.13.